The smallest absolute Gasteiger partial charge is 0.275 e. The van der Waals surface area contributed by atoms with Crippen molar-refractivity contribution in [2.24, 2.45) is 0 Å². The van der Waals surface area contributed by atoms with E-state index in [2.05, 4.69) is 26.3 Å². The van der Waals surface area contributed by atoms with E-state index in [4.69, 9.17) is 11.6 Å². The molecule has 4 rings (SSSR count). The van der Waals surface area contributed by atoms with Crippen LogP contribution in [0.25, 0.3) is 22.0 Å². The summed E-state index contributed by atoms with van der Waals surface area (Å²) in [4.78, 5) is 25.4. The molecule has 0 atom stereocenters. The Balaban J connectivity index is 1.73. The number of fused-ring (bicyclic) bond motifs is 1. The lowest BCUT2D eigenvalue weighted by Crippen LogP contribution is -2.30. The zero-order valence-electron chi connectivity index (χ0n) is 15.1. The molecule has 5 nitrogen and oxygen atoms in total. The van der Waals surface area contributed by atoms with Crippen LogP contribution in [0, 0.1) is 0 Å². The van der Waals surface area contributed by atoms with Gasteiger partial charge in [-0.25, -0.2) is 4.68 Å². The number of hydrogen-bond acceptors (Lipinski definition) is 3. The molecule has 0 spiro atoms. The Kier molecular flexibility index (Phi) is 5.47. The number of halogens is 2. The van der Waals surface area contributed by atoms with Gasteiger partial charge in [0.1, 0.15) is 6.54 Å². The van der Waals surface area contributed by atoms with Crippen LogP contribution in [0.15, 0.2) is 82.1 Å². The van der Waals surface area contributed by atoms with Gasteiger partial charge in [0, 0.05) is 26.1 Å². The molecule has 7 heteroatoms. The second-order valence-corrected chi connectivity index (χ2v) is 7.77. The Morgan fingerprint density at radius 3 is 2.31 bits per heavy atom. The zero-order valence-corrected chi connectivity index (χ0v) is 17.4. The molecule has 4 aromatic rings. The fourth-order valence-electron chi connectivity index (χ4n) is 3.03. The van der Waals surface area contributed by atoms with E-state index in [1.165, 1.54) is 4.68 Å². The van der Waals surface area contributed by atoms with Crippen LogP contribution in [0.3, 0.4) is 0 Å². The third-order valence-electron chi connectivity index (χ3n) is 4.41. The molecule has 144 valence electrons. The first kappa shape index (κ1) is 19.4. The molecule has 3 aromatic carbocycles. The average molecular weight is 469 g/mol. The molecular weight excluding hydrogens is 454 g/mol. The van der Waals surface area contributed by atoms with Gasteiger partial charge in [0.15, 0.2) is 0 Å². The number of rotatable bonds is 4. The highest BCUT2D eigenvalue weighted by Gasteiger charge is 2.14. The Hall–Kier alpha value is -2.96. The maximum absolute atomic E-state index is 12.9. The molecule has 1 amide bonds. The lowest BCUT2D eigenvalue weighted by Gasteiger charge is -2.12. The maximum atomic E-state index is 12.9. The molecule has 1 heterocycles. The minimum Gasteiger partial charge on any atom is -0.324 e. The van der Waals surface area contributed by atoms with E-state index in [0.29, 0.717) is 21.8 Å². The summed E-state index contributed by atoms with van der Waals surface area (Å²) in [5.74, 6) is -0.334. The Morgan fingerprint density at radius 2 is 1.62 bits per heavy atom. The summed E-state index contributed by atoms with van der Waals surface area (Å²) in [6.45, 7) is -0.194. The summed E-state index contributed by atoms with van der Waals surface area (Å²) in [5, 5.41) is 9.11. The Bertz CT molecular complexity index is 1250. The summed E-state index contributed by atoms with van der Waals surface area (Å²) in [6.07, 6.45) is 0. The van der Waals surface area contributed by atoms with E-state index in [-0.39, 0.29) is 18.0 Å². The van der Waals surface area contributed by atoms with E-state index in [1.54, 1.807) is 36.4 Å². The standard InChI is InChI=1S/C22H15BrClN3O2/c23-15-7-11-17(12-8-15)25-20(28)13-27-22(29)19-4-2-1-3-18(19)21(26-27)14-5-9-16(24)10-6-14/h1-12H,13H2,(H,25,28). The van der Waals surface area contributed by atoms with Gasteiger partial charge in [0.2, 0.25) is 5.91 Å². The first-order valence-electron chi connectivity index (χ1n) is 8.82. The van der Waals surface area contributed by atoms with Crippen LogP contribution in [0.2, 0.25) is 5.02 Å². The normalized spacial score (nSPS) is 10.8. The van der Waals surface area contributed by atoms with Crippen molar-refractivity contribution in [3.63, 3.8) is 0 Å². The number of hydrogen-bond donors (Lipinski definition) is 1. The quantitative estimate of drug-likeness (QED) is 0.452. The topological polar surface area (TPSA) is 64.0 Å². The molecule has 0 bridgehead atoms. The molecular formula is C22H15BrClN3O2. The molecule has 0 unspecified atom stereocenters. The summed E-state index contributed by atoms with van der Waals surface area (Å²) in [6, 6.07) is 21.7. The van der Waals surface area contributed by atoms with Crippen LogP contribution in [-0.4, -0.2) is 15.7 Å². The summed E-state index contributed by atoms with van der Waals surface area (Å²) in [5.41, 5.74) is 1.76. The van der Waals surface area contributed by atoms with Crippen molar-refractivity contribution in [2.75, 3.05) is 5.32 Å². The first-order valence-corrected chi connectivity index (χ1v) is 9.99. The van der Waals surface area contributed by atoms with Gasteiger partial charge < -0.3 is 5.32 Å². The van der Waals surface area contributed by atoms with E-state index in [9.17, 15) is 9.59 Å². The number of amides is 1. The number of nitrogens with one attached hydrogen (secondary N) is 1. The van der Waals surface area contributed by atoms with Crippen molar-refractivity contribution in [3.05, 3.63) is 92.6 Å². The first-order chi connectivity index (χ1) is 14.0. The highest BCUT2D eigenvalue weighted by atomic mass is 79.9. The fraction of sp³-hybridized carbons (Fsp3) is 0.0455. The molecule has 0 aliphatic rings. The van der Waals surface area contributed by atoms with Crippen LogP contribution >= 0.6 is 27.5 Å². The highest BCUT2D eigenvalue weighted by Crippen LogP contribution is 2.25. The van der Waals surface area contributed by atoms with Crippen molar-refractivity contribution in [1.29, 1.82) is 0 Å². The number of anilines is 1. The SMILES string of the molecule is O=C(Cn1nc(-c2ccc(Cl)cc2)c2ccccc2c1=O)Nc1ccc(Br)cc1. The predicted octanol–water partition coefficient (Wildman–Crippen LogP) is 5.12. The molecule has 0 fully saturated rings. The largest absolute Gasteiger partial charge is 0.324 e. The Labute approximate surface area is 180 Å². The summed E-state index contributed by atoms with van der Waals surface area (Å²) < 4.78 is 2.11. The predicted molar refractivity (Wildman–Crippen MR) is 119 cm³/mol. The molecule has 0 radical (unpaired) electrons. The molecule has 0 aliphatic carbocycles. The monoisotopic (exact) mass is 467 g/mol. The minimum atomic E-state index is -0.334. The van der Waals surface area contributed by atoms with Gasteiger partial charge >= 0.3 is 0 Å². The van der Waals surface area contributed by atoms with Crippen LogP contribution in [0.5, 0.6) is 0 Å². The van der Waals surface area contributed by atoms with E-state index < -0.39 is 0 Å². The number of nitrogens with zero attached hydrogens (tertiary/aromatic N) is 2. The van der Waals surface area contributed by atoms with Crippen molar-refractivity contribution < 1.29 is 4.79 Å². The average Bonchev–Trinajstić information content (AvgIpc) is 2.73. The van der Waals surface area contributed by atoms with E-state index in [1.807, 2.05) is 36.4 Å². The van der Waals surface area contributed by atoms with Gasteiger partial charge in [-0.3, -0.25) is 9.59 Å². The van der Waals surface area contributed by atoms with E-state index in [0.717, 1.165) is 15.4 Å². The van der Waals surface area contributed by atoms with Crippen molar-refractivity contribution in [1.82, 2.24) is 9.78 Å². The number of aromatic nitrogens is 2. The summed E-state index contributed by atoms with van der Waals surface area (Å²) >= 11 is 9.35. The molecule has 1 aromatic heterocycles. The fourth-order valence-corrected chi connectivity index (χ4v) is 3.42. The molecule has 0 aliphatic heterocycles. The van der Waals surface area contributed by atoms with Crippen LogP contribution in [0.4, 0.5) is 5.69 Å². The van der Waals surface area contributed by atoms with Crippen molar-refractivity contribution in [3.8, 4) is 11.3 Å². The van der Waals surface area contributed by atoms with Crippen molar-refractivity contribution in [2.45, 2.75) is 6.54 Å². The zero-order chi connectivity index (χ0) is 20.4. The van der Waals surface area contributed by atoms with Gasteiger partial charge in [0.05, 0.1) is 11.1 Å². The Morgan fingerprint density at radius 1 is 0.966 bits per heavy atom. The highest BCUT2D eigenvalue weighted by molar-refractivity contribution is 9.10. The number of carbonyl (C=O) groups is 1. The van der Waals surface area contributed by atoms with Gasteiger partial charge in [-0.1, -0.05) is 57.9 Å². The van der Waals surface area contributed by atoms with Gasteiger partial charge in [-0.05, 0) is 42.5 Å². The maximum Gasteiger partial charge on any atom is 0.275 e. The molecule has 0 saturated carbocycles. The molecule has 29 heavy (non-hydrogen) atoms. The lowest BCUT2D eigenvalue weighted by molar-refractivity contribution is -0.117. The lowest BCUT2D eigenvalue weighted by atomic mass is 10.1. The van der Waals surface area contributed by atoms with Gasteiger partial charge in [0.25, 0.3) is 5.56 Å². The molecule has 1 N–H and O–H groups in total. The van der Waals surface area contributed by atoms with Crippen LogP contribution in [-0.2, 0) is 11.3 Å². The number of benzene rings is 3. The number of carbonyl (C=O) groups excluding carboxylic acids is 1. The summed E-state index contributed by atoms with van der Waals surface area (Å²) in [7, 11) is 0. The van der Waals surface area contributed by atoms with Gasteiger partial charge in [-0.15, -0.1) is 0 Å². The van der Waals surface area contributed by atoms with E-state index >= 15 is 0 Å². The second-order valence-electron chi connectivity index (χ2n) is 6.42. The van der Waals surface area contributed by atoms with Crippen LogP contribution < -0.4 is 10.9 Å². The second kappa shape index (κ2) is 8.19. The van der Waals surface area contributed by atoms with Gasteiger partial charge in [-0.2, -0.15) is 5.10 Å². The van der Waals surface area contributed by atoms with Crippen molar-refractivity contribution >= 4 is 49.9 Å². The third-order valence-corrected chi connectivity index (χ3v) is 5.19. The van der Waals surface area contributed by atoms with Crippen LogP contribution in [0.1, 0.15) is 0 Å². The molecule has 0 saturated heterocycles. The minimum absolute atomic E-state index is 0.194. The third kappa shape index (κ3) is 4.23.